The van der Waals surface area contributed by atoms with Gasteiger partial charge in [-0.05, 0) is 0 Å². The summed E-state index contributed by atoms with van der Waals surface area (Å²) in [4.78, 5) is 11.7. The van der Waals surface area contributed by atoms with Crippen LogP contribution in [-0.2, 0) is 30.7 Å². The van der Waals surface area contributed by atoms with E-state index in [4.69, 9.17) is 25.9 Å². The fourth-order valence-electron chi connectivity index (χ4n) is 1.52. The van der Waals surface area contributed by atoms with Gasteiger partial charge in [0.05, 0.1) is 0 Å². The number of hydrogen-bond acceptors (Lipinski definition) is 5. The zero-order chi connectivity index (χ0) is 13.5. The maximum absolute atomic E-state index is 11.7. The second-order valence-corrected chi connectivity index (χ2v) is 5.78. The van der Waals surface area contributed by atoms with Crippen LogP contribution in [0.4, 0.5) is 0 Å². The Morgan fingerprint density at radius 3 is 3.06 bits per heavy atom. The van der Waals surface area contributed by atoms with E-state index >= 15 is 0 Å². The summed E-state index contributed by atoms with van der Waals surface area (Å²) in [5.41, 5.74) is 0.889. The van der Waals surface area contributed by atoms with Crippen LogP contribution in [0.3, 0.4) is 0 Å². The maximum atomic E-state index is 11.7. The van der Waals surface area contributed by atoms with Crippen molar-refractivity contribution in [3.05, 3.63) is 9.66 Å². The molecule has 1 aliphatic rings. The molecular weight excluding hydrogens is 385 g/mol. The van der Waals surface area contributed by atoms with Crippen molar-refractivity contribution < 1.29 is 18.9 Å². The first-order valence-corrected chi connectivity index (χ1v) is 8.99. The van der Waals surface area contributed by atoms with Crippen LogP contribution in [0.1, 0.15) is 20.3 Å². The molecule has 0 amide bonds. The zero-order valence-electron chi connectivity index (χ0n) is 10.2. The summed E-state index contributed by atoms with van der Waals surface area (Å²) in [5.74, 6) is -0.485. The van der Waals surface area contributed by atoms with Crippen molar-refractivity contribution in [2.45, 2.75) is 32.7 Å². The van der Waals surface area contributed by atoms with Crippen LogP contribution in [0.25, 0.3) is 0 Å². The Morgan fingerprint density at radius 2 is 2.44 bits per heavy atom. The van der Waals surface area contributed by atoms with E-state index in [0.717, 1.165) is 5.57 Å². The number of halogens is 1. The second-order valence-electron chi connectivity index (χ2n) is 3.98. The fourth-order valence-corrected chi connectivity index (χ4v) is 2.20. The van der Waals surface area contributed by atoms with Crippen LogP contribution in [0.15, 0.2) is 9.66 Å². The Balaban J connectivity index is 2.58. The number of ether oxygens (including phenoxy) is 2. The van der Waals surface area contributed by atoms with Gasteiger partial charge in [0.1, 0.15) is 0 Å². The fraction of sp³-hybridized carbons (Fsp3) is 0.700. The molecule has 18 heavy (non-hydrogen) atoms. The van der Waals surface area contributed by atoms with Gasteiger partial charge in [0.15, 0.2) is 0 Å². The number of carbonyl (C=O) groups is 1. The van der Waals surface area contributed by atoms with Crippen molar-refractivity contribution in [3.63, 3.8) is 0 Å². The quantitative estimate of drug-likeness (QED) is 0.233. The minimum atomic E-state index is -0.569. The van der Waals surface area contributed by atoms with Gasteiger partial charge in [0, 0.05) is 0 Å². The molecule has 0 spiro atoms. The van der Waals surface area contributed by atoms with Crippen LogP contribution in [0, 0.1) is 5.92 Å². The van der Waals surface area contributed by atoms with Gasteiger partial charge in [-0.2, -0.15) is 0 Å². The molecule has 1 fully saturated rings. The van der Waals surface area contributed by atoms with Crippen LogP contribution in [0.2, 0.25) is 0 Å². The molecule has 1 heterocycles. The minimum absolute atomic E-state index is 0.176. The average molecular weight is 400 g/mol. The van der Waals surface area contributed by atoms with E-state index in [2.05, 4.69) is 22.6 Å². The summed E-state index contributed by atoms with van der Waals surface area (Å²) < 4.78 is 18.1. The molecule has 1 rings (SSSR count). The van der Waals surface area contributed by atoms with E-state index in [-0.39, 0.29) is 24.8 Å². The van der Waals surface area contributed by atoms with Gasteiger partial charge >= 0.3 is 128 Å². The molecule has 0 bridgehead atoms. The number of rotatable bonds is 5. The number of esters is 1. The Morgan fingerprint density at radius 1 is 1.72 bits per heavy atom. The van der Waals surface area contributed by atoms with E-state index in [1.807, 2.05) is 17.9 Å². The topological polar surface area (TPSA) is 44.8 Å². The van der Waals surface area contributed by atoms with E-state index in [9.17, 15) is 4.79 Å². The molecule has 1 saturated heterocycles. The monoisotopic (exact) mass is 400 g/mol. The molecule has 0 aromatic carbocycles. The predicted molar refractivity (Wildman–Crippen MR) is 83.7 cm³/mol. The van der Waals surface area contributed by atoms with Crippen LogP contribution in [0.5, 0.6) is 0 Å². The Labute approximate surface area is 127 Å². The standard InChI is InChI=1S/C10H15BIO4PS/c1-6(5-12)10-15-8(3-4-14-11-17-18)7(2)9(13)16-10/h5,7-8,10,17H,3-4H2,1-2H3/b6-5+/t7-,8+,10+/m0/s1. The molecule has 8 heteroatoms. The Hall–Kier alpha value is 0.445. The van der Waals surface area contributed by atoms with Crippen molar-refractivity contribution >= 4 is 54.0 Å². The van der Waals surface area contributed by atoms with Crippen LogP contribution in [-0.4, -0.2) is 31.8 Å². The van der Waals surface area contributed by atoms with E-state index in [0.29, 0.717) is 13.0 Å². The molecule has 0 aliphatic carbocycles. The van der Waals surface area contributed by atoms with Gasteiger partial charge < -0.3 is 0 Å². The first-order chi connectivity index (χ1) is 8.60. The van der Waals surface area contributed by atoms with Crippen molar-refractivity contribution in [2.24, 2.45) is 5.92 Å². The molecule has 4 atom stereocenters. The predicted octanol–water partition coefficient (Wildman–Crippen LogP) is 2.31. The summed E-state index contributed by atoms with van der Waals surface area (Å²) in [6.07, 6.45) is -0.0951. The number of cyclic esters (lactones) is 1. The summed E-state index contributed by atoms with van der Waals surface area (Å²) in [7, 11) is 0. The molecule has 0 radical (unpaired) electrons. The van der Waals surface area contributed by atoms with Gasteiger partial charge in [-0.15, -0.1) is 0 Å². The van der Waals surface area contributed by atoms with Gasteiger partial charge in [0.2, 0.25) is 0 Å². The third-order valence-electron chi connectivity index (χ3n) is 2.65. The molecule has 1 aliphatic heterocycles. The SMILES string of the molecule is C/C(=C\I)[C@H]1OC(=O)[C@@H](C)[C@@H](CCOB=[PH]=S)O1. The van der Waals surface area contributed by atoms with Crippen molar-refractivity contribution in [3.8, 4) is 0 Å². The zero-order valence-corrected chi connectivity index (χ0v) is 14.2. The van der Waals surface area contributed by atoms with Gasteiger partial charge in [0.25, 0.3) is 0 Å². The van der Waals surface area contributed by atoms with Gasteiger partial charge in [-0.25, -0.2) is 0 Å². The van der Waals surface area contributed by atoms with Crippen molar-refractivity contribution in [2.75, 3.05) is 6.61 Å². The van der Waals surface area contributed by atoms with Crippen molar-refractivity contribution in [1.29, 1.82) is 0 Å². The summed E-state index contributed by atoms with van der Waals surface area (Å²) >= 11 is 6.87. The van der Waals surface area contributed by atoms with Crippen LogP contribution < -0.4 is 0 Å². The van der Waals surface area contributed by atoms with Crippen LogP contribution >= 0.6 is 29.4 Å². The second kappa shape index (κ2) is 8.58. The molecule has 0 aromatic heterocycles. The van der Waals surface area contributed by atoms with Crippen molar-refractivity contribution in [1.82, 2.24) is 0 Å². The summed E-state index contributed by atoms with van der Waals surface area (Å²) in [6.45, 7) is 6.05. The van der Waals surface area contributed by atoms with Gasteiger partial charge in [-0.3, -0.25) is 0 Å². The molecule has 0 N–H and O–H groups in total. The molecule has 4 nitrogen and oxygen atoms in total. The molecule has 0 saturated carbocycles. The summed E-state index contributed by atoms with van der Waals surface area (Å²) in [6, 6.07) is 0. The Kier molecular flexibility index (Phi) is 7.87. The third-order valence-corrected chi connectivity index (χ3v) is 4.18. The van der Waals surface area contributed by atoms with E-state index in [1.165, 1.54) is 0 Å². The van der Waals surface area contributed by atoms with E-state index < -0.39 is 6.29 Å². The number of carbonyl (C=O) groups excluding carboxylic acids is 1. The molecule has 0 aromatic rings. The third kappa shape index (κ3) is 4.85. The Bertz CT molecular complexity index is 386. The average Bonchev–Trinajstić information content (AvgIpc) is 2.38. The summed E-state index contributed by atoms with van der Waals surface area (Å²) in [5, 5.41) is 0. The molecule has 100 valence electrons. The van der Waals surface area contributed by atoms with Gasteiger partial charge in [-0.1, -0.05) is 0 Å². The molecule has 1 unspecified atom stereocenters. The normalized spacial score (nSPS) is 28.9. The molecular formula is C10H15BIO4PS. The van der Waals surface area contributed by atoms with E-state index in [1.54, 1.807) is 6.82 Å². The number of hydrogen-bond donors (Lipinski definition) is 0. The first kappa shape index (κ1) is 16.5. The first-order valence-electron chi connectivity index (χ1n) is 5.54.